The minimum Gasteiger partial charge on any atom is -0.229 e. The maximum atomic E-state index is 10.9. The fraction of sp³-hybridized carbons (Fsp3) is 1.00. The first-order valence-corrected chi connectivity index (χ1v) is 5.03. The van der Waals surface area contributed by atoms with E-state index in [1.165, 1.54) is 0 Å². The smallest absolute Gasteiger partial charge is 0.207 e. The summed E-state index contributed by atoms with van der Waals surface area (Å²) in [6.45, 7) is 0. The Bertz CT molecular complexity index is 218. The van der Waals surface area contributed by atoms with Crippen LogP contribution in [0.1, 0.15) is 25.7 Å². The molecular formula is C5H12BNO2S. The van der Waals surface area contributed by atoms with Crippen molar-refractivity contribution in [2.24, 2.45) is 5.14 Å². The number of sulfonamides is 1. The van der Waals surface area contributed by atoms with E-state index >= 15 is 0 Å². The molecule has 58 valence electrons. The first-order chi connectivity index (χ1) is 4.46. The number of rotatable bonds is 1. The zero-order valence-corrected chi connectivity index (χ0v) is 6.95. The van der Waals surface area contributed by atoms with Crippen molar-refractivity contribution in [2.75, 3.05) is 0 Å². The van der Waals surface area contributed by atoms with Gasteiger partial charge in [0.15, 0.2) is 0 Å². The molecule has 1 aliphatic carbocycles. The second-order valence-electron chi connectivity index (χ2n) is 3.20. The third-order valence-electron chi connectivity index (χ3n) is 2.35. The maximum absolute atomic E-state index is 10.9. The molecular weight excluding hydrogens is 149 g/mol. The van der Waals surface area contributed by atoms with E-state index in [4.69, 9.17) is 5.14 Å². The molecule has 0 heterocycles. The van der Waals surface area contributed by atoms with Gasteiger partial charge < -0.3 is 0 Å². The summed E-state index contributed by atoms with van der Waals surface area (Å²) >= 11 is 0. The minimum atomic E-state index is -3.30. The van der Waals surface area contributed by atoms with Crippen molar-refractivity contribution in [3.63, 3.8) is 0 Å². The highest BCUT2D eigenvalue weighted by Crippen LogP contribution is 2.31. The van der Waals surface area contributed by atoms with E-state index in [2.05, 4.69) is 0 Å². The molecule has 0 bridgehead atoms. The highest BCUT2D eigenvalue weighted by atomic mass is 32.2. The van der Waals surface area contributed by atoms with Gasteiger partial charge in [0.05, 0.1) is 4.65 Å². The highest BCUT2D eigenvalue weighted by molar-refractivity contribution is 7.91. The minimum absolute atomic E-state index is 0.618. The molecule has 10 heavy (non-hydrogen) atoms. The van der Waals surface area contributed by atoms with Crippen molar-refractivity contribution in [1.29, 1.82) is 0 Å². The van der Waals surface area contributed by atoms with Crippen LogP contribution in [-0.4, -0.2) is 20.9 Å². The molecule has 0 radical (unpaired) electrons. The molecule has 1 aliphatic rings. The summed E-state index contributed by atoms with van der Waals surface area (Å²) in [5.74, 6) is 0. The highest BCUT2D eigenvalue weighted by Gasteiger charge is 2.38. The van der Waals surface area contributed by atoms with E-state index in [0.29, 0.717) is 0 Å². The van der Waals surface area contributed by atoms with Gasteiger partial charge in [0, 0.05) is 0 Å². The van der Waals surface area contributed by atoms with E-state index in [1.807, 2.05) is 0 Å². The standard InChI is InChI=1S/C5H12BNO2S/c6-5(10(7,8)9)3-1-2-4-5/h1-4,6H2,(H2,7,8,9). The molecule has 0 saturated heterocycles. The zero-order chi connectivity index (χ0) is 7.83. The molecule has 0 amide bonds. The van der Waals surface area contributed by atoms with E-state index in [-0.39, 0.29) is 0 Å². The third-order valence-corrected chi connectivity index (χ3v) is 4.13. The maximum Gasteiger partial charge on any atom is 0.207 e. The SMILES string of the molecule is BC1(S(N)(=O)=O)CCCC1. The summed E-state index contributed by atoms with van der Waals surface area (Å²) in [7, 11) is -1.57. The Labute approximate surface area is 62.4 Å². The van der Waals surface area contributed by atoms with Gasteiger partial charge >= 0.3 is 0 Å². The Morgan fingerprint density at radius 2 is 1.70 bits per heavy atom. The van der Waals surface area contributed by atoms with Crippen LogP contribution in [0.3, 0.4) is 0 Å². The van der Waals surface area contributed by atoms with Crippen molar-refractivity contribution in [1.82, 2.24) is 0 Å². The van der Waals surface area contributed by atoms with Gasteiger partial charge in [-0.15, -0.1) is 0 Å². The van der Waals surface area contributed by atoms with Gasteiger partial charge in [-0.3, -0.25) is 0 Å². The fourth-order valence-electron chi connectivity index (χ4n) is 1.41. The van der Waals surface area contributed by atoms with Gasteiger partial charge in [-0.1, -0.05) is 12.8 Å². The van der Waals surface area contributed by atoms with Crippen LogP contribution in [0, 0.1) is 0 Å². The summed E-state index contributed by atoms with van der Waals surface area (Å²) in [5.41, 5.74) is 0. The Balaban J connectivity index is 2.88. The van der Waals surface area contributed by atoms with Crippen LogP contribution in [0.2, 0.25) is 0 Å². The molecule has 0 aliphatic heterocycles. The van der Waals surface area contributed by atoms with Crippen LogP contribution >= 0.6 is 0 Å². The monoisotopic (exact) mass is 161 g/mol. The third kappa shape index (κ3) is 1.20. The van der Waals surface area contributed by atoms with Gasteiger partial charge in [0.25, 0.3) is 0 Å². The summed E-state index contributed by atoms with van der Waals surface area (Å²) in [6, 6.07) is 0. The lowest BCUT2D eigenvalue weighted by atomic mass is 9.85. The molecule has 0 spiro atoms. The quantitative estimate of drug-likeness (QED) is 0.510. The first kappa shape index (κ1) is 8.08. The van der Waals surface area contributed by atoms with Crippen molar-refractivity contribution in [3.8, 4) is 0 Å². The average molecular weight is 161 g/mol. The molecule has 0 aromatic rings. The predicted molar refractivity (Wildman–Crippen MR) is 42.9 cm³/mol. The average Bonchev–Trinajstić information content (AvgIpc) is 2.13. The molecule has 1 saturated carbocycles. The second kappa shape index (κ2) is 2.24. The predicted octanol–water partition coefficient (Wildman–Crippen LogP) is -0.822. The van der Waals surface area contributed by atoms with E-state index in [9.17, 15) is 8.42 Å². The molecule has 0 atom stereocenters. The molecule has 0 aromatic heterocycles. The fourth-order valence-corrected chi connectivity index (χ4v) is 2.27. The van der Waals surface area contributed by atoms with Crippen molar-refractivity contribution in [3.05, 3.63) is 0 Å². The second-order valence-corrected chi connectivity index (χ2v) is 5.28. The van der Waals surface area contributed by atoms with Crippen LogP contribution < -0.4 is 5.14 Å². The Morgan fingerprint density at radius 1 is 1.30 bits per heavy atom. The lowest BCUT2D eigenvalue weighted by molar-refractivity contribution is 0.570. The van der Waals surface area contributed by atoms with Gasteiger partial charge in [-0.05, 0) is 12.8 Å². The molecule has 2 N–H and O–H groups in total. The molecule has 0 aromatic carbocycles. The Morgan fingerprint density at radius 3 is 1.90 bits per heavy atom. The number of hydrogen-bond donors (Lipinski definition) is 1. The van der Waals surface area contributed by atoms with Gasteiger partial charge in [0.1, 0.15) is 7.85 Å². The van der Waals surface area contributed by atoms with E-state index in [0.717, 1.165) is 25.7 Å². The summed E-state index contributed by atoms with van der Waals surface area (Å²) in [5, 5.41) is 5.05. The van der Waals surface area contributed by atoms with Crippen molar-refractivity contribution in [2.45, 2.75) is 30.3 Å². The lowest BCUT2D eigenvalue weighted by Gasteiger charge is -2.19. The number of nitrogens with two attached hydrogens (primary N) is 1. The van der Waals surface area contributed by atoms with Crippen molar-refractivity contribution >= 4 is 17.9 Å². The number of hydrogen-bond acceptors (Lipinski definition) is 2. The van der Waals surface area contributed by atoms with Crippen molar-refractivity contribution < 1.29 is 8.42 Å². The van der Waals surface area contributed by atoms with Crippen LogP contribution in [-0.2, 0) is 10.0 Å². The summed E-state index contributed by atoms with van der Waals surface area (Å²) in [6.07, 6.45) is 3.44. The van der Waals surface area contributed by atoms with Gasteiger partial charge in [-0.2, -0.15) is 0 Å². The molecule has 1 rings (SSSR count). The van der Waals surface area contributed by atoms with Crippen LogP contribution in [0.25, 0.3) is 0 Å². The van der Waals surface area contributed by atoms with E-state index in [1.54, 1.807) is 7.85 Å². The summed E-state index contributed by atoms with van der Waals surface area (Å²) in [4.78, 5) is 0. The Hall–Kier alpha value is -0.0251. The van der Waals surface area contributed by atoms with Gasteiger partial charge in [-0.25, -0.2) is 13.6 Å². The van der Waals surface area contributed by atoms with Crippen LogP contribution in [0.5, 0.6) is 0 Å². The summed E-state index contributed by atoms with van der Waals surface area (Å²) < 4.78 is 21.2. The first-order valence-electron chi connectivity index (χ1n) is 3.48. The molecule has 5 heteroatoms. The van der Waals surface area contributed by atoms with Crippen LogP contribution in [0.15, 0.2) is 0 Å². The van der Waals surface area contributed by atoms with Gasteiger partial charge in [0.2, 0.25) is 10.0 Å². The zero-order valence-electron chi connectivity index (χ0n) is 6.13. The largest absolute Gasteiger partial charge is 0.229 e. The van der Waals surface area contributed by atoms with Crippen LogP contribution in [0.4, 0.5) is 0 Å². The molecule has 0 unspecified atom stereocenters. The molecule has 1 fully saturated rings. The number of primary sulfonamides is 1. The topological polar surface area (TPSA) is 60.2 Å². The normalized spacial score (nSPS) is 24.9. The van der Waals surface area contributed by atoms with E-state index < -0.39 is 14.7 Å². The molecule has 3 nitrogen and oxygen atoms in total. The lowest BCUT2D eigenvalue weighted by Crippen LogP contribution is -2.41. The Kier molecular flexibility index (Phi) is 1.81.